The van der Waals surface area contributed by atoms with E-state index in [4.69, 9.17) is 0 Å². The molecule has 17 heavy (non-hydrogen) atoms. The van der Waals surface area contributed by atoms with Crippen molar-refractivity contribution >= 4 is 0 Å². The van der Waals surface area contributed by atoms with Crippen LogP contribution in [0.4, 0.5) is 0 Å². The van der Waals surface area contributed by atoms with Gasteiger partial charge in [-0.05, 0) is 49.6 Å². The number of nitrogens with one attached hydrogen (secondary N) is 1. The molecule has 0 amide bonds. The molecule has 0 radical (unpaired) electrons. The van der Waals surface area contributed by atoms with Gasteiger partial charge in [-0.2, -0.15) is 0 Å². The maximum atomic E-state index is 3.60. The normalized spacial score (nSPS) is 27.4. The van der Waals surface area contributed by atoms with Gasteiger partial charge in [-0.25, -0.2) is 0 Å². The molecule has 1 fully saturated rings. The fraction of sp³-hybridized carbons (Fsp3) is 1.00. The second kappa shape index (κ2) is 8.13. The lowest BCUT2D eigenvalue weighted by atomic mass is 9.77. The molecule has 1 rings (SSSR count). The lowest BCUT2D eigenvalue weighted by molar-refractivity contribution is 0.225. The van der Waals surface area contributed by atoms with Gasteiger partial charge in [0, 0.05) is 0 Å². The Labute approximate surface area is 109 Å². The minimum Gasteiger partial charge on any atom is -0.316 e. The van der Waals surface area contributed by atoms with Crippen molar-refractivity contribution in [1.29, 1.82) is 0 Å². The molecule has 102 valence electrons. The van der Waals surface area contributed by atoms with Crippen LogP contribution in [0.2, 0.25) is 0 Å². The van der Waals surface area contributed by atoms with Crippen molar-refractivity contribution in [1.82, 2.24) is 5.32 Å². The van der Waals surface area contributed by atoms with Crippen LogP contribution >= 0.6 is 0 Å². The van der Waals surface area contributed by atoms with E-state index < -0.39 is 0 Å². The summed E-state index contributed by atoms with van der Waals surface area (Å²) in [6.07, 6.45) is 8.82. The summed E-state index contributed by atoms with van der Waals surface area (Å²) >= 11 is 0. The van der Waals surface area contributed by atoms with Gasteiger partial charge < -0.3 is 5.32 Å². The summed E-state index contributed by atoms with van der Waals surface area (Å²) in [6.45, 7) is 11.7. The predicted octanol–water partition coefficient (Wildman–Crippen LogP) is 4.47. The van der Waals surface area contributed by atoms with Gasteiger partial charge in [-0.1, -0.05) is 53.4 Å². The van der Waals surface area contributed by atoms with Crippen LogP contribution in [-0.4, -0.2) is 13.1 Å². The molecule has 3 atom stereocenters. The van der Waals surface area contributed by atoms with E-state index in [-0.39, 0.29) is 0 Å². The van der Waals surface area contributed by atoms with E-state index >= 15 is 0 Å². The van der Waals surface area contributed by atoms with Crippen molar-refractivity contribution < 1.29 is 0 Å². The van der Waals surface area contributed by atoms with Crippen LogP contribution in [0.25, 0.3) is 0 Å². The molecule has 0 aliphatic heterocycles. The third-order valence-electron chi connectivity index (χ3n) is 4.25. The third kappa shape index (κ3) is 6.45. The first-order chi connectivity index (χ1) is 8.11. The molecule has 3 unspecified atom stereocenters. The minimum absolute atomic E-state index is 0.779. The van der Waals surface area contributed by atoms with Gasteiger partial charge in [0.25, 0.3) is 0 Å². The van der Waals surface area contributed by atoms with E-state index in [2.05, 4.69) is 33.0 Å². The summed E-state index contributed by atoms with van der Waals surface area (Å²) < 4.78 is 0. The lowest BCUT2D eigenvalue weighted by Gasteiger charge is -2.30. The average Bonchev–Trinajstić information content (AvgIpc) is 2.28. The molecule has 1 saturated carbocycles. The Kier molecular flexibility index (Phi) is 7.18. The van der Waals surface area contributed by atoms with Gasteiger partial charge in [0.1, 0.15) is 0 Å². The standard InChI is InChI=1S/C16H33N/c1-5-15-7-6-8-16(10-15)9-14(4)12-17-11-13(2)3/h13-17H,5-12H2,1-4H3. The monoisotopic (exact) mass is 239 g/mol. The van der Waals surface area contributed by atoms with Gasteiger partial charge in [-0.15, -0.1) is 0 Å². The SMILES string of the molecule is CCC1CCCC(CC(C)CNCC(C)C)C1. The summed E-state index contributed by atoms with van der Waals surface area (Å²) in [7, 11) is 0. The predicted molar refractivity (Wildman–Crippen MR) is 77.2 cm³/mol. The minimum atomic E-state index is 0.779. The molecule has 1 heteroatoms. The second-order valence-corrected chi connectivity index (χ2v) is 6.70. The molecule has 1 aliphatic carbocycles. The van der Waals surface area contributed by atoms with Crippen molar-refractivity contribution in [3.63, 3.8) is 0 Å². The summed E-state index contributed by atoms with van der Waals surface area (Å²) in [5, 5.41) is 3.60. The van der Waals surface area contributed by atoms with E-state index in [1.807, 2.05) is 0 Å². The first kappa shape index (κ1) is 15.0. The molecule has 1 aliphatic rings. The highest BCUT2D eigenvalue weighted by Crippen LogP contribution is 2.34. The first-order valence-electron chi connectivity index (χ1n) is 7.82. The zero-order valence-corrected chi connectivity index (χ0v) is 12.5. The van der Waals surface area contributed by atoms with E-state index in [0.29, 0.717) is 0 Å². The van der Waals surface area contributed by atoms with Crippen molar-refractivity contribution in [3.8, 4) is 0 Å². The molecule has 1 nitrogen and oxygen atoms in total. The molecule has 0 aromatic rings. The topological polar surface area (TPSA) is 12.0 Å². The van der Waals surface area contributed by atoms with Gasteiger partial charge >= 0.3 is 0 Å². The second-order valence-electron chi connectivity index (χ2n) is 6.70. The highest BCUT2D eigenvalue weighted by Gasteiger charge is 2.22. The van der Waals surface area contributed by atoms with E-state index in [0.717, 1.165) is 23.7 Å². The average molecular weight is 239 g/mol. The highest BCUT2D eigenvalue weighted by molar-refractivity contribution is 4.74. The Balaban J connectivity index is 2.14. The summed E-state index contributed by atoms with van der Waals surface area (Å²) in [4.78, 5) is 0. The quantitative estimate of drug-likeness (QED) is 0.691. The maximum absolute atomic E-state index is 3.60. The van der Waals surface area contributed by atoms with Gasteiger partial charge in [0.2, 0.25) is 0 Å². The maximum Gasteiger partial charge on any atom is -0.00229 e. The first-order valence-corrected chi connectivity index (χ1v) is 7.82. The summed E-state index contributed by atoms with van der Waals surface area (Å²) in [5.41, 5.74) is 0. The Bertz CT molecular complexity index is 188. The molecule has 0 heterocycles. The van der Waals surface area contributed by atoms with Crippen molar-refractivity contribution in [2.75, 3.05) is 13.1 Å². The van der Waals surface area contributed by atoms with Crippen LogP contribution in [-0.2, 0) is 0 Å². The molecule has 0 aromatic carbocycles. The van der Waals surface area contributed by atoms with Gasteiger partial charge in [0.15, 0.2) is 0 Å². The van der Waals surface area contributed by atoms with E-state index in [9.17, 15) is 0 Å². The number of hydrogen-bond acceptors (Lipinski definition) is 1. The van der Waals surface area contributed by atoms with E-state index in [1.54, 1.807) is 0 Å². The lowest BCUT2D eigenvalue weighted by Crippen LogP contribution is -2.27. The Morgan fingerprint density at radius 1 is 1.06 bits per heavy atom. The highest BCUT2D eigenvalue weighted by atomic mass is 14.9. The van der Waals surface area contributed by atoms with Crippen molar-refractivity contribution in [2.24, 2.45) is 23.7 Å². The van der Waals surface area contributed by atoms with Crippen LogP contribution < -0.4 is 5.32 Å². The van der Waals surface area contributed by atoms with Gasteiger partial charge in [-0.3, -0.25) is 0 Å². The van der Waals surface area contributed by atoms with Gasteiger partial charge in [0.05, 0.1) is 0 Å². The number of rotatable bonds is 7. The summed E-state index contributed by atoms with van der Waals surface area (Å²) in [6, 6.07) is 0. The fourth-order valence-corrected chi connectivity index (χ4v) is 3.26. The Morgan fingerprint density at radius 2 is 1.76 bits per heavy atom. The fourth-order valence-electron chi connectivity index (χ4n) is 3.26. The Morgan fingerprint density at radius 3 is 2.41 bits per heavy atom. The largest absolute Gasteiger partial charge is 0.316 e. The zero-order valence-electron chi connectivity index (χ0n) is 12.5. The number of hydrogen-bond donors (Lipinski definition) is 1. The van der Waals surface area contributed by atoms with Crippen LogP contribution in [0.5, 0.6) is 0 Å². The van der Waals surface area contributed by atoms with Crippen molar-refractivity contribution in [3.05, 3.63) is 0 Å². The smallest absolute Gasteiger partial charge is 0.00229 e. The van der Waals surface area contributed by atoms with Crippen LogP contribution in [0.15, 0.2) is 0 Å². The molecular weight excluding hydrogens is 206 g/mol. The third-order valence-corrected chi connectivity index (χ3v) is 4.25. The molecular formula is C16H33N. The van der Waals surface area contributed by atoms with Crippen LogP contribution in [0.1, 0.15) is 66.2 Å². The van der Waals surface area contributed by atoms with Crippen LogP contribution in [0.3, 0.4) is 0 Å². The van der Waals surface area contributed by atoms with E-state index in [1.165, 1.54) is 51.6 Å². The Hall–Kier alpha value is -0.0400. The summed E-state index contributed by atoms with van der Waals surface area (Å²) in [5.74, 6) is 3.69. The molecule has 0 bridgehead atoms. The molecule has 0 saturated heterocycles. The zero-order chi connectivity index (χ0) is 12.7. The van der Waals surface area contributed by atoms with Crippen molar-refractivity contribution in [2.45, 2.75) is 66.2 Å². The van der Waals surface area contributed by atoms with Crippen LogP contribution in [0, 0.1) is 23.7 Å². The molecule has 1 N–H and O–H groups in total. The molecule has 0 spiro atoms. The molecule has 0 aromatic heterocycles.